The first-order valence-corrected chi connectivity index (χ1v) is 9.53. The Kier molecular flexibility index (Phi) is 6.30. The van der Waals surface area contributed by atoms with Gasteiger partial charge in [-0.2, -0.15) is 5.10 Å². The molecule has 0 aliphatic heterocycles. The number of methoxy groups -OCH3 is 1. The van der Waals surface area contributed by atoms with Gasteiger partial charge in [0, 0.05) is 16.1 Å². The Morgan fingerprint density at radius 3 is 2.71 bits per heavy atom. The number of benzene rings is 2. The van der Waals surface area contributed by atoms with Crippen molar-refractivity contribution in [3.63, 3.8) is 0 Å². The van der Waals surface area contributed by atoms with Gasteiger partial charge in [0.15, 0.2) is 6.10 Å². The van der Waals surface area contributed by atoms with Gasteiger partial charge in [-0.05, 0) is 25.1 Å². The van der Waals surface area contributed by atoms with Gasteiger partial charge >= 0.3 is 17.3 Å². The zero-order chi connectivity index (χ0) is 22.7. The zero-order valence-corrected chi connectivity index (χ0v) is 17.8. The molecule has 0 spiro atoms. The number of carbonyl (C=O) groups is 1. The molecular weight excluding hydrogens is 476 g/mol. The minimum Gasteiger partial charge on any atom is -0.471 e. The van der Waals surface area contributed by atoms with Crippen LogP contribution in [0.3, 0.4) is 0 Å². The summed E-state index contributed by atoms with van der Waals surface area (Å²) in [6, 6.07) is 9.01. The molecule has 0 aliphatic carbocycles. The van der Waals surface area contributed by atoms with E-state index in [0.29, 0.717) is 14.7 Å². The summed E-state index contributed by atoms with van der Waals surface area (Å²) in [6.07, 6.45) is -0.105. The van der Waals surface area contributed by atoms with Crippen LogP contribution in [0.2, 0.25) is 0 Å². The fourth-order valence-electron chi connectivity index (χ4n) is 2.73. The highest BCUT2D eigenvalue weighted by molar-refractivity contribution is 9.10. The minimum atomic E-state index is -1.16. The van der Waals surface area contributed by atoms with E-state index >= 15 is 0 Å². The summed E-state index contributed by atoms with van der Waals surface area (Å²) >= 11 is 3.16. The SMILES string of the molecule is COC(=O)[C@@H](C)Oc1c(C=Nn2c(=O)[nH]c3ccccc3c2=O)cc(Br)cc1[N+](=O)[O-]. The lowest BCUT2D eigenvalue weighted by molar-refractivity contribution is -0.386. The topological polar surface area (TPSA) is 146 Å². The molecular formula is C19H15BrN4O7. The summed E-state index contributed by atoms with van der Waals surface area (Å²) in [4.78, 5) is 50.0. The van der Waals surface area contributed by atoms with Crippen LogP contribution in [0.15, 0.2) is 55.6 Å². The molecule has 1 atom stereocenters. The van der Waals surface area contributed by atoms with Gasteiger partial charge in [-0.25, -0.2) is 9.59 Å². The average Bonchev–Trinajstić information content (AvgIpc) is 2.74. The Balaban J connectivity index is 2.15. The number of carbonyl (C=O) groups excluding carboxylic acids is 1. The van der Waals surface area contributed by atoms with Crippen LogP contribution in [-0.2, 0) is 9.53 Å². The molecule has 0 bridgehead atoms. The summed E-state index contributed by atoms with van der Waals surface area (Å²) in [5.41, 5.74) is -1.53. The number of rotatable bonds is 6. The number of halogens is 1. The van der Waals surface area contributed by atoms with Crippen LogP contribution in [-0.4, -0.2) is 40.0 Å². The van der Waals surface area contributed by atoms with Crippen molar-refractivity contribution in [2.75, 3.05) is 7.11 Å². The molecule has 3 rings (SSSR count). The quantitative estimate of drug-likeness (QED) is 0.241. The van der Waals surface area contributed by atoms with E-state index in [1.807, 2.05) is 0 Å². The first-order chi connectivity index (χ1) is 14.7. The second kappa shape index (κ2) is 8.92. The van der Waals surface area contributed by atoms with E-state index in [4.69, 9.17) is 4.74 Å². The van der Waals surface area contributed by atoms with Gasteiger partial charge in [-0.1, -0.05) is 28.1 Å². The Bertz CT molecular complexity index is 1330. The fraction of sp³-hybridized carbons (Fsp3) is 0.158. The summed E-state index contributed by atoms with van der Waals surface area (Å²) in [5, 5.41) is 15.6. The van der Waals surface area contributed by atoms with E-state index < -0.39 is 33.9 Å². The number of hydrogen-bond donors (Lipinski definition) is 1. The van der Waals surface area contributed by atoms with Gasteiger partial charge in [0.2, 0.25) is 5.75 Å². The predicted molar refractivity (Wildman–Crippen MR) is 115 cm³/mol. The molecule has 3 aromatic rings. The predicted octanol–water partition coefficient (Wildman–Crippen LogP) is 2.18. The van der Waals surface area contributed by atoms with Gasteiger partial charge in [-0.3, -0.25) is 14.9 Å². The number of nitrogens with one attached hydrogen (secondary N) is 1. The van der Waals surface area contributed by atoms with E-state index in [2.05, 4.69) is 30.8 Å². The fourth-order valence-corrected chi connectivity index (χ4v) is 3.19. The van der Waals surface area contributed by atoms with Crippen molar-refractivity contribution < 1.29 is 19.2 Å². The standard InChI is InChI=1S/C19H15BrN4O7/c1-10(18(26)30-2)31-16-11(7-12(20)8-15(16)24(28)29)9-21-23-17(25)13-5-3-4-6-14(13)22-19(23)27/h3-10H,1-2H3,(H,22,27)/t10-/m1/s1. The highest BCUT2D eigenvalue weighted by atomic mass is 79.9. The van der Waals surface area contributed by atoms with Crippen molar-refractivity contribution in [1.82, 2.24) is 9.66 Å². The molecule has 0 radical (unpaired) electrons. The maximum atomic E-state index is 12.6. The number of nitro benzene ring substituents is 1. The van der Waals surface area contributed by atoms with Crippen molar-refractivity contribution >= 4 is 44.7 Å². The number of H-pyrrole nitrogens is 1. The Hall–Kier alpha value is -3.80. The molecule has 0 amide bonds. The average molecular weight is 491 g/mol. The van der Waals surface area contributed by atoms with E-state index in [1.54, 1.807) is 18.2 Å². The van der Waals surface area contributed by atoms with Crippen LogP contribution in [0.25, 0.3) is 10.9 Å². The van der Waals surface area contributed by atoms with Crippen molar-refractivity contribution in [1.29, 1.82) is 0 Å². The van der Waals surface area contributed by atoms with Gasteiger partial charge in [-0.15, -0.1) is 4.68 Å². The molecule has 11 nitrogen and oxygen atoms in total. The van der Waals surface area contributed by atoms with Crippen LogP contribution in [0, 0.1) is 10.1 Å². The molecule has 12 heteroatoms. The summed E-state index contributed by atoms with van der Waals surface area (Å²) in [6.45, 7) is 1.36. The van der Waals surface area contributed by atoms with Crippen LogP contribution in [0.4, 0.5) is 5.69 Å². The number of nitrogens with zero attached hydrogens (tertiary/aromatic N) is 3. The number of ether oxygens (including phenoxy) is 2. The molecule has 1 heterocycles. The van der Waals surface area contributed by atoms with Crippen molar-refractivity contribution in [3.8, 4) is 5.75 Å². The Morgan fingerprint density at radius 2 is 2.03 bits per heavy atom. The molecule has 0 saturated heterocycles. The number of nitro groups is 1. The Labute approximate surface area is 182 Å². The smallest absolute Gasteiger partial charge is 0.349 e. The van der Waals surface area contributed by atoms with Crippen LogP contribution < -0.4 is 16.0 Å². The van der Waals surface area contributed by atoms with Gasteiger partial charge in [0.1, 0.15) is 0 Å². The van der Waals surface area contributed by atoms with E-state index in [9.17, 15) is 24.5 Å². The number of aromatic nitrogens is 2. The molecule has 1 aromatic heterocycles. The lowest BCUT2D eigenvalue weighted by Crippen LogP contribution is -2.32. The van der Waals surface area contributed by atoms with Crippen molar-refractivity contribution in [3.05, 3.63) is 77.4 Å². The number of aromatic amines is 1. The number of hydrogen-bond acceptors (Lipinski definition) is 8. The third-order valence-electron chi connectivity index (χ3n) is 4.18. The highest BCUT2D eigenvalue weighted by Crippen LogP contribution is 2.34. The summed E-state index contributed by atoms with van der Waals surface area (Å²) in [5.74, 6) is -1.03. The zero-order valence-electron chi connectivity index (χ0n) is 16.2. The van der Waals surface area contributed by atoms with Crippen LogP contribution >= 0.6 is 15.9 Å². The first-order valence-electron chi connectivity index (χ1n) is 8.73. The molecule has 0 saturated carbocycles. The van der Waals surface area contributed by atoms with E-state index in [-0.39, 0.29) is 16.7 Å². The largest absolute Gasteiger partial charge is 0.471 e. The lowest BCUT2D eigenvalue weighted by atomic mass is 10.2. The third-order valence-corrected chi connectivity index (χ3v) is 4.64. The maximum absolute atomic E-state index is 12.6. The van der Waals surface area contributed by atoms with Crippen LogP contribution in [0.5, 0.6) is 5.75 Å². The second-order valence-corrected chi connectivity index (χ2v) is 7.14. The molecule has 0 unspecified atom stereocenters. The van der Waals surface area contributed by atoms with E-state index in [0.717, 1.165) is 13.3 Å². The van der Waals surface area contributed by atoms with Crippen LogP contribution in [0.1, 0.15) is 12.5 Å². The first kappa shape index (κ1) is 21.9. The third kappa shape index (κ3) is 4.53. The van der Waals surface area contributed by atoms with Gasteiger partial charge in [0.05, 0.1) is 29.2 Å². The monoisotopic (exact) mass is 490 g/mol. The lowest BCUT2D eigenvalue weighted by Gasteiger charge is -2.14. The number of esters is 1. The molecule has 0 fully saturated rings. The normalized spacial score (nSPS) is 12.1. The molecule has 0 aliphatic rings. The Morgan fingerprint density at radius 1 is 1.32 bits per heavy atom. The maximum Gasteiger partial charge on any atom is 0.349 e. The molecule has 1 N–H and O–H groups in total. The van der Waals surface area contributed by atoms with Crippen molar-refractivity contribution in [2.24, 2.45) is 5.10 Å². The van der Waals surface area contributed by atoms with E-state index in [1.165, 1.54) is 25.1 Å². The summed E-state index contributed by atoms with van der Waals surface area (Å²) in [7, 11) is 1.15. The number of para-hydroxylation sites is 1. The molecule has 2 aromatic carbocycles. The number of fused-ring (bicyclic) bond motifs is 1. The molecule has 31 heavy (non-hydrogen) atoms. The summed E-state index contributed by atoms with van der Waals surface area (Å²) < 4.78 is 10.9. The van der Waals surface area contributed by atoms with Crippen molar-refractivity contribution in [2.45, 2.75) is 13.0 Å². The second-order valence-electron chi connectivity index (χ2n) is 6.22. The molecule has 160 valence electrons. The minimum absolute atomic E-state index is 0.0521. The highest BCUT2D eigenvalue weighted by Gasteiger charge is 2.25. The van der Waals surface area contributed by atoms with Gasteiger partial charge in [0.25, 0.3) is 5.56 Å². The van der Waals surface area contributed by atoms with Gasteiger partial charge < -0.3 is 14.5 Å².